The fraction of sp³-hybridized carbons (Fsp3) is 0.588. The second kappa shape index (κ2) is 9.13. The van der Waals surface area contributed by atoms with E-state index in [0.717, 1.165) is 19.6 Å². The topological polar surface area (TPSA) is 50.8 Å². The van der Waals surface area contributed by atoms with Crippen molar-refractivity contribution in [2.45, 2.75) is 25.7 Å². The van der Waals surface area contributed by atoms with Crippen LogP contribution in [0.15, 0.2) is 16.6 Å². The third-order valence-electron chi connectivity index (χ3n) is 4.12. The van der Waals surface area contributed by atoms with Gasteiger partial charge in [0.2, 0.25) is 0 Å². The highest BCUT2D eigenvalue weighted by atomic mass is 79.9. The smallest absolute Gasteiger partial charge is 0.251 e. The summed E-state index contributed by atoms with van der Waals surface area (Å²) in [5.74, 6) is 1.06. The minimum Gasteiger partial charge on any atom is -0.495 e. The van der Waals surface area contributed by atoms with Gasteiger partial charge in [0, 0.05) is 18.7 Å². The van der Waals surface area contributed by atoms with Gasteiger partial charge in [-0.2, -0.15) is 0 Å². The Balaban J connectivity index is 1.92. The highest BCUT2D eigenvalue weighted by Gasteiger charge is 2.15. The molecule has 0 radical (unpaired) electrons. The number of halogens is 1. The number of nitrogens with one attached hydrogen (secondary N) is 1. The molecule has 0 aliphatic carbocycles. The number of rotatable bonds is 6. The van der Waals surface area contributed by atoms with Gasteiger partial charge < -0.3 is 19.7 Å². The molecule has 23 heavy (non-hydrogen) atoms. The van der Waals surface area contributed by atoms with Crippen LogP contribution in [0.2, 0.25) is 0 Å². The minimum absolute atomic E-state index is 0.107. The zero-order valence-corrected chi connectivity index (χ0v) is 15.4. The van der Waals surface area contributed by atoms with E-state index in [2.05, 4.69) is 26.1 Å². The number of benzene rings is 1. The van der Waals surface area contributed by atoms with Gasteiger partial charge in [0.15, 0.2) is 0 Å². The van der Waals surface area contributed by atoms with Crippen LogP contribution in [-0.2, 0) is 0 Å². The summed E-state index contributed by atoms with van der Waals surface area (Å²) in [6.07, 6.45) is 5.16. The lowest BCUT2D eigenvalue weighted by atomic mass is 10.2. The Hall–Kier alpha value is -1.27. The second-order valence-electron chi connectivity index (χ2n) is 5.71. The lowest BCUT2D eigenvalue weighted by Crippen LogP contribution is -2.35. The van der Waals surface area contributed by atoms with Crippen LogP contribution in [0.4, 0.5) is 0 Å². The molecule has 1 heterocycles. The molecule has 2 rings (SSSR count). The van der Waals surface area contributed by atoms with Crippen LogP contribution in [0, 0.1) is 0 Å². The molecule has 0 aromatic heterocycles. The molecule has 1 aromatic carbocycles. The van der Waals surface area contributed by atoms with Crippen LogP contribution in [0.5, 0.6) is 11.5 Å². The Morgan fingerprint density at radius 1 is 1.13 bits per heavy atom. The number of carbonyl (C=O) groups excluding carboxylic acids is 1. The average Bonchev–Trinajstić information content (AvgIpc) is 2.83. The van der Waals surface area contributed by atoms with E-state index in [4.69, 9.17) is 9.47 Å². The van der Waals surface area contributed by atoms with Crippen molar-refractivity contribution in [1.29, 1.82) is 0 Å². The van der Waals surface area contributed by atoms with E-state index in [-0.39, 0.29) is 5.91 Å². The summed E-state index contributed by atoms with van der Waals surface area (Å²) in [5, 5.41) is 2.98. The summed E-state index contributed by atoms with van der Waals surface area (Å²) in [6.45, 7) is 3.82. The van der Waals surface area contributed by atoms with Gasteiger partial charge in [-0.1, -0.05) is 12.8 Å². The van der Waals surface area contributed by atoms with Gasteiger partial charge in [-0.3, -0.25) is 4.79 Å². The van der Waals surface area contributed by atoms with E-state index < -0.39 is 0 Å². The number of methoxy groups -OCH3 is 2. The molecule has 1 fully saturated rings. The highest BCUT2D eigenvalue weighted by molar-refractivity contribution is 9.10. The normalized spacial score (nSPS) is 15.8. The van der Waals surface area contributed by atoms with E-state index in [1.807, 2.05) is 0 Å². The molecule has 1 aromatic rings. The van der Waals surface area contributed by atoms with Crippen LogP contribution in [0.1, 0.15) is 36.0 Å². The third-order valence-corrected chi connectivity index (χ3v) is 4.90. The molecule has 0 atom stereocenters. The molecule has 1 aliphatic heterocycles. The molecule has 5 nitrogen and oxygen atoms in total. The maximum atomic E-state index is 12.3. The summed E-state index contributed by atoms with van der Waals surface area (Å²) in [4.78, 5) is 14.8. The predicted molar refractivity (Wildman–Crippen MR) is 94.5 cm³/mol. The maximum absolute atomic E-state index is 12.3. The van der Waals surface area contributed by atoms with E-state index in [0.29, 0.717) is 28.1 Å². The molecule has 1 N–H and O–H groups in total. The first-order valence-corrected chi connectivity index (χ1v) is 8.87. The largest absolute Gasteiger partial charge is 0.495 e. The molecular weight excluding hydrogens is 360 g/mol. The van der Waals surface area contributed by atoms with Gasteiger partial charge in [0.1, 0.15) is 16.0 Å². The zero-order valence-electron chi connectivity index (χ0n) is 13.9. The third kappa shape index (κ3) is 5.11. The van der Waals surface area contributed by atoms with E-state index in [1.54, 1.807) is 26.4 Å². The number of amides is 1. The van der Waals surface area contributed by atoms with Crippen molar-refractivity contribution in [1.82, 2.24) is 10.2 Å². The summed E-state index contributed by atoms with van der Waals surface area (Å²) >= 11 is 3.41. The molecule has 128 valence electrons. The lowest BCUT2D eigenvalue weighted by Gasteiger charge is -2.19. The van der Waals surface area contributed by atoms with Crippen LogP contribution in [0.3, 0.4) is 0 Å². The van der Waals surface area contributed by atoms with Crippen molar-refractivity contribution >= 4 is 21.8 Å². The molecule has 1 saturated heterocycles. The molecule has 0 unspecified atom stereocenters. The van der Waals surface area contributed by atoms with Crippen LogP contribution in [-0.4, -0.2) is 51.2 Å². The van der Waals surface area contributed by atoms with Crippen LogP contribution < -0.4 is 14.8 Å². The maximum Gasteiger partial charge on any atom is 0.251 e. The Kier molecular flexibility index (Phi) is 7.17. The number of nitrogens with zero attached hydrogens (tertiary/aromatic N) is 1. The van der Waals surface area contributed by atoms with Gasteiger partial charge in [0.25, 0.3) is 5.91 Å². The summed E-state index contributed by atoms with van der Waals surface area (Å²) in [7, 11) is 3.14. The first-order chi connectivity index (χ1) is 11.2. The Labute approximate surface area is 146 Å². The predicted octanol–water partition coefficient (Wildman–Crippen LogP) is 3.07. The molecule has 0 bridgehead atoms. The number of ether oxygens (including phenoxy) is 2. The van der Waals surface area contributed by atoms with Gasteiger partial charge in [-0.15, -0.1) is 0 Å². The molecule has 1 amide bonds. The van der Waals surface area contributed by atoms with Crippen molar-refractivity contribution in [3.05, 3.63) is 22.2 Å². The number of hydrogen-bond donors (Lipinski definition) is 1. The minimum atomic E-state index is -0.107. The molecule has 0 spiro atoms. The van der Waals surface area contributed by atoms with Crippen molar-refractivity contribution in [3.8, 4) is 11.5 Å². The van der Waals surface area contributed by atoms with Crippen LogP contribution >= 0.6 is 15.9 Å². The van der Waals surface area contributed by atoms with Crippen molar-refractivity contribution < 1.29 is 14.3 Å². The fourth-order valence-corrected chi connectivity index (χ4v) is 3.34. The van der Waals surface area contributed by atoms with E-state index in [9.17, 15) is 4.79 Å². The number of likely N-dealkylation sites (tertiary alicyclic amines) is 1. The SMILES string of the molecule is COc1cc(C(=O)NCCN2CCCCCC2)cc(OC)c1Br. The Bertz CT molecular complexity index is 504. The molecular formula is C17H25BrN2O3. The summed E-state index contributed by atoms with van der Waals surface area (Å²) in [5.41, 5.74) is 0.540. The van der Waals surface area contributed by atoms with E-state index >= 15 is 0 Å². The Morgan fingerprint density at radius 3 is 2.22 bits per heavy atom. The van der Waals surface area contributed by atoms with Crippen molar-refractivity contribution in [3.63, 3.8) is 0 Å². The standard InChI is InChI=1S/C17H25BrN2O3/c1-22-14-11-13(12-15(23-2)16(14)18)17(21)19-7-10-20-8-5-3-4-6-9-20/h11-12H,3-10H2,1-2H3,(H,19,21). The highest BCUT2D eigenvalue weighted by Crippen LogP contribution is 2.35. The molecule has 0 saturated carbocycles. The summed E-state index contributed by atoms with van der Waals surface area (Å²) < 4.78 is 11.3. The lowest BCUT2D eigenvalue weighted by molar-refractivity contribution is 0.0947. The van der Waals surface area contributed by atoms with Crippen molar-refractivity contribution in [2.24, 2.45) is 0 Å². The summed E-state index contributed by atoms with van der Waals surface area (Å²) in [6, 6.07) is 3.43. The number of carbonyl (C=O) groups is 1. The van der Waals surface area contributed by atoms with Gasteiger partial charge in [0.05, 0.1) is 14.2 Å². The average molecular weight is 385 g/mol. The van der Waals surface area contributed by atoms with E-state index in [1.165, 1.54) is 25.7 Å². The monoisotopic (exact) mass is 384 g/mol. The second-order valence-corrected chi connectivity index (χ2v) is 6.50. The van der Waals surface area contributed by atoms with Gasteiger partial charge in [-0.25, -0.2) is 0 Å². The number of hydrogen-bond acceptors (Lipinski definition) is 4. The Morgan fingerprint density at radius 2 is 1.70 bits per heavy atom. The van der Waals surface area contributed by atoms with Crippen LogP contribution in [0.25, 0.3) is 0 Å². The van der Waals surface area contributed by atoms with Crippen molar-refractivity contribution in [2.75, 3.05) is 40.4 Å². The molecule has 6 heteroatoms. The zero-order chi connectivity index (χ0) is 16.7. The quantitative estimate of drug-likeness (QED) is 0.818. The first-order valence-electron chi connectivity index (χ1n) is 8.07. The molecule has 1 aliphatic rings. The van der Waals surface area contributed by atoms with Gasteiger partial charge >= 0.3 is 0 Å². The van der Waals surface area contributed by atoms with Gasteiger partial charge in [-0.05, 0) is 54.0 Å². The first kappa shape index (κ1) is 18.1. The fourth-order valence-electron chi connectivity index (χ4n) is 2.79.